The van der Waals surface area contributed by atoms with Crippen molar-refractivity contribution in [2.75, 3.05) is 7.05 Å². The average Bonchev–Trinajstić information content (AvgIpc) is 2.25. The van der Waals surface area contributed by atoms with E-state index in [4.69, 9.17) is 0 Å². The lowest BCUT2D eigenvalue weighted by atomic mass is 10.1. The van der Waals surface area contributed by atoms with Gasteiger partial charge in [0.15, 0.2) is 0 Å². The largest absolute Gasteiger partial charge is 0.416 e. The molecule has 0 aromatic heterocycles. The average molecular weight is 229 g/mol. The second kappa shape index (κ2) is 4.83. The van der Waals surface area contributed by atoms with Crippen LogP contribution in [0.1, 0.15) is 11.1 Å². The molecule has 1 aromatic rings. The quantitative estimate of drug-likeness (QED) is 0.775. The minimum Gasteiger partial charge on any atom is -0.356 e. The second-order valence-corrected chi connectivity index (χ2v) is 3.07. The normalized spacial score (nSPS) is 11.8. The van der Waals surface area contributed by atoms with Gasteiger partial charge in [-0.05, 0) is 23.8 Å². The van der Waals surface area contributed by atoms with Crippen LogP contribution in [0.5, 0.6) is 0 Å². The third-order valence-electron chi connectivity index (χ3n) is 1.89. The molecule has 0 aliphatic carbocycles. The Morgan fingerprint density at radius 2 is 2.06 bits per heavy atom. The summed E-state index contributed by atoms with van der Waals surface area (Å²) in [7, 11) is 1.44. The predicted molar refractivity (Wildman–Crippen MR) is 54.5 cm³/mol. The van der Waals surface area contributed by atoms with Gasteiger partial charge in [-0.15, -0.1) is 0 Å². The summed E-state index contributed by atoms with van der Waals surface area (Å²) >= 11 is 0. The second-order valence-electron chi connectivity index (χ2n) is 3.07. The number of likely N-dealkylation sites (N-methyl/N-ethyl adjacent to an activating group) is 1. The summed E-state index contributed by atoms with van der Waals surface area (Å²) in [4.78, 5) is 10.8. The van der Waals surface area contributed by atoms with E-state index in [1.54, 1.807) is 0 Å². The summed E-state index contributed by atoms with van der Waals surface area (Å²) in [6, 6.07) is 4.76. The van der Waals surface area contributed by atoms with Crippen LogP contribution in [-0.4, -0.2) is 13.0 Å². The van der Waals surface area contributed by atoms with Crippen LogP contribution in [0.2, 0.25) is 0 Å². The third-order valence-corrected chi connectivity index (χ3v) is 1.89. The molecule has 5 heteroatoms. The van der Waals surface area contributed by atoms with E-state index in [-0.39, 0.29) is 5.91 Å². The van der Waals surface area contributed by atoms with Gasteiger partial charge in [0, 0.05) is 13.1 Å². The first-order valence-corrected chi connectivity index (χ1v) is 4.50. The summed E-state index contributed by atoms with van der Waals surface area (Å²) in [5.41, 5.74) is -0.398. The molecule has 1 aromatic carbocycles. The lowest BCUT2D eigenvalue weighted by Crippen LogP contribution is -2.13. The van der Waals surface area contributed by atoms with Crippen molar-refractivity contribution in [2.45, 2.75) is 6.18 Å². The molecule has 0 unspecified atom stereocenters. The van der Waals surface area contributed by atoms with E-state index in [9.17, 15) is 18.0 Å². The molecule has 0 aliphatic rings. The van der Waals surface area contributed by atoms with Crippen molar-refractivity contribution in [3.8, 4) is 0 Å². The third kappa shape index (κ3) is 3.42. The molecule has 0 bridgehead atoms. The van der Waals surface area contributed by atoms with Crippen molar-refractivity contribution in [3.63, 3.8) is 0 Å². The number of hydrogen-bond donors (Lipinski definition) is 1. The zero-order chi connectivity index (χ0) is 12.2. The first-order valence-electron chi connectivity index (χ1n) is 4.50. The van der Waals surface area contributed by atoms with Gasteiger partial charge in [0.05, 0.1) is 5.56 Å². The van der Waals surface area contributed by atoms with Crippen molar-refractivity contribution in [2.24, 2.45) is 0 Å². The number of hydrogen-bond acceptors (Lipinski definition) is 1. The zero-order valence-electron chi connectivity index (χ0n) is 8.51. The molecule has 16 heavy (non-hydrogen) atoms. The molecular weight excluding hydrogens is 219 g/mol. The van der Waals surface area contributed by atoms with Gasteiger partial charge in [-0.1, -0.05) is 12.1 Å². The molecule has 1 amide bonds. The number of carbonyl (C=O) groups excluding carboxylic acids is 1. The van der Waals surface area contributed by atoms with E-state index in [2.05, 4.69) is 5.32 Å². The first-order chi connectivity index (χ1) is 7.43. The van der Waals surface area contributed by atoms with Gasteiger partial charge in [0.25, 0.3) is 0 Å². The van der Waals surface area contributed by atoms with E-state index >= 15 is 0 Å². The SMILES string of the molecule is CNC(=O)C=Cc1cccc(C(F)(F)F)c1. The van der Waals surface area contributed by atoms with E-state index in [0.717, 1.165) is 12.1 Å². The molecule has 0 saturated heterocycles. The Labute approximate surface area is 90.8 Å². The summed E-state index contributed by atoms with van der Waals surface area (Å²) < 4.78 is 37.0. The molecule has 0 aliphatic heterocycles. The Kier molecular flexibility index (Phi) is 3.71. The van der Waals surface area contributed by atoms with Crippen molar-refractivity contribution < 1.29 is 18.0 Å². The minimum absolute atomic E-state index is 0.332. The Morgan fingerprint density at radius 3 is 2.62 bits per heavy atom. The Hall–Kier alpha value is -1.78. The van der Waals surface area contributed by atoms with Crippen molar-refractivity contribution in [3.05, 3.63) is 41.5 Å². The Balaban J connectivity index is 2.91. The number of rotatable bonds is 2. The maximum atomic E-state index is 12.3. The molecule has 0 radical (unpaired) electrons. The maximum Gasteiger partial charge on any atom is 0.416 e. The summed E-state index contributed by atoms with van der Waals surface area (Å²) in [5, 5.41) is 2.33. The molecule has 0 saturated carbocycles. The minimum atomic E-state index is -4.36. The zero-order valence-corrected chi connectivity index (χ0v) is 8.51. The molecular formula is C11H10F3NO. The number of nitrogens with one attached hydrogen (secondary N) is 1. The van der Waals surface area contributed by atoms with Crippen LogP contribution < -0.4 is 5.32 Å². The van der Waals surface area contributed by atoms with Gasteiger partial charge in [0.2, 0.25) is 5.91 Å². The van der Waals surface area contributed by atoms with E-state index < -0.39 is 11.7 Å². The van der Waals surface area contributed by atoms with Crippen molar-refractivity contribution >= 4 is 12.0 Å². The van der Waals surface area contributed by atoms with Gasteiger partial charge in [0.1, 0.15) is 0 Å². The lowest BCUT2D eigenvalue weighted by Gasteiger charge is -2.06. The smallest absolute Gasteiger partial charge is 0.356 e. The first kappa shape index (κ1) is 12.3. The highest BCUT2D eigenvalue weighted by atomic mass is 19.4. The lowest BCUT2D eigenvalue weighted by molar-refractivity contribution is -0.137. The molecule has 86 valence electrons. The van der Waals surface area contributed by atoms with Crippen molar-refractivity contribution in [1.29, 1.82) is 0 Å². The van der Waals surface area contributed by atoms with Gasteiger partial charge < -0.3 is 5.32 Å². The maximum absolute atomic E-state index is 12.3. The van der Waals surface area contributed by atoms with Crippen LogP contribution in [0.4, 0.5) is 13.2 Å². The van der Waals surface area contributed by atoms with Gasteiger partial charge in [-0.2, -0.15) is 13.2 Å². The van der Waals surface area contributed by atoms with Crippen LogP contribution in [0.25, 0.3) is 6.08 Å². The van der Waals surface area contributed by atoms with Crippen molar-refractivity contribution in [1.82, 2.24) is 5.32 Å². The number of halogens is 3. The molecule has 0 atom stereocenters. The molecule has 1 N–H and O–H groups in total. The van der Waals surface area contributed by atoms with Crippen LogP contribution in [0.3, 0.4) is 0 Å². The standard InChI is InChI=1S/C11H10F3NO/c1-15-10(16)6-5-8-3-2-4-9(7-8)11(12,13)14/h2-7H,1H3,(H,15,16). The number of alkyl halides is 3. The highest BCUT2D eigenvalue weighted by molar-refractivity contribution is 5.91. The molecule has 0 fully saturated rings. The van der Waals surface area contributed by atoms with Gasteiger partial charge in [-0.25, -0.2) is 0 Å². The fraction of sp³-hybridized carbons (Fsp3) is 0.182. The fourth-order valence-electron chi connectivity index (χ4n) is 1.07. The van der Waals surface area contributed by atoms with Crippen LogP contribution in [-0.2, 0) is 11.0 Å². The number of benzene rings is 1. The summed E-state index contributed by atoms with van der Waals surface area (Å²) in [6.07, 6.45) is -1.86. The molecule has 0 spiro atoms. The topological polar surface area (TPSA) is 29.1 Å². The number of amides is 1. The predicted octanol–water partition coefficient (Wildman–Crippen LogP) is 2.46. The fourth-order valence-corrected chi connectivity index (χ4v) is 1.07. The summed E-state index contributed by atoms with van der Waals surface area (Å²) in [6.45, 7) is 0. The van der Waals surface area contributed by atoms with E-state index in [1.165, 1.54) is 31.3 Å². The Morgan fingerprint density at radius 1 is 1.38 bits per heavy atom. The van der Waals surface area contributed by atoms with Crippen LogP contribution in [0, 0.1) is 0 Å². The van der Waals surface area contributed by atoms with Crippen LogP contribution >= 0.6 is 0 Å². The molecule has 2 nitrogen and oxygen atoms in total. The molecule has 0 heterocycles. The number of carbonyl (C=O) groups is 1. The van der Waals surface area contributed by atoms with Crippen LogP contribution in [0.15, 0.2) is 30.3 Å². The van der Waals surface area contributed by atoms with Gasteiger partial charge in [-0.3, -0.25) is 4.79 Å². The monoisotopic (exact) mass is 229 g/mol. The summed E-state index contributed by atoms with van der Waals surface area (Å²) in [5.74, 6) is -0.364. The van der Waals surface area contributed by atoms with Gasteiger partial charge >= 0.3 is 6.18 Å². The molecule has 1 rings (SSSR count). The van der Waals surface area contributed by atoms with E-state index in [0.29, 0.717) is 5.56 Å². The van der Waals surface area contributed by atoms with E-state index in [1.807, 2.05) is 0 Å². The highest BCUT2D eigenvalue weighted by Crippen LogP contribution is 2.29. The Bertz CT molecular complexity index is 410. The highest BCUT2D eigenvalue weighted by Gasteiger charge is 2.30.